The molecule has 0 amide bonds. The summed E-state index contributed by atoms with van der Waals surface area (Å²) in [5, 5.41) is 1.06. The average molecular weight is 325 g/mol. The molecule has 0 atom stereocenters. The molecule has 3 N–H and O–H groups in total. The highest BCUT2D eigenvalue weighted by Crippen LogP contribution is 2.25. The summed E-state index contributed by atoms with van der Waals surface area (Å²) in [6, 6.07) is 5.51. The number of hydrazine groups is 1. The van der Waals surface area contributed by atoms with Crippen LogP contribution in [0.2, 0.25) is 10.0 Å². The average Bonchev–Trinajstić information content (AvgIpc) is 2.50. The number of rotatable bonds is 3. The van der Waals surface area contributed by atoms with E-state index in [-0.39, 0.29) is 0 Å². The fraction of sp³-hybridized carbons (Fsp3) is 0.286. The molecule has 0 saturated heterocycles. The first kappa shape index (κ1) is 14.5. The molecule has 7 heteroatoms. The van der Waals surface area contributed by atoms with Gasteiger partial charge in [0.15, 0.2) is 0 Å². The van der Waals surface area contributed by atoms with Crippen molar-refractivity contribution in [1.29, 1.82) is 0 Å². The van der Waals surface area contributed by atoms with Gasteiger partial charge in [0.1, 0.15) is 11.6 Å². The van der Waals surface area contributed by atoms with Crippen molar-refractivity contribution in [2.24, 2.45) is 5.84 Å². The SMILES string of the molecule is NNc1nc(Cc2ccc(Cl)c(Cl)c2)nc2c1COCC2. The number of aromatic nitrogens is 2. The van der Waals surface area contributed by atoms with Crippen LogP contribution in [-0.4, -0.2) is 16.6 Å². The van der Waals surface area contributed by atoms with Crippen LogP contribution in [0.3, 0.4) is 0 Å². The molecule has 21 heavy (non-hydrogen) atoms. The lowest BCUT2D eigenvalue weighted by molar-refractivity contribution is 0.109. The van der Waals surface area contributed by atoms with E-state index in [9.17, 15) is 0 Å². The summed E-state index contributed by atoms with van der Waals surface area (Å²) >= 11 is 12.0. The zero-order valence-corrected chi connectivity index (χ0v) is 12.7. The Morgan fingerprint density at radius 2 is 2.10 bits per heavy atom. The summed E-state index contributed by atoms with van der Waals surface area (Å²) < 4.78 is 5.42. The van der Waals surface area contributed by atoms with Crippen molar-refractivity contribution in [1.82, 2.24) is 9.97 Å². The first-order chi connectivity index (χ1) is 10.2. The molecule has 2 aromatic rings. The third-order valence-corrected chi connectivity index (χ3v) is 4.09. The lowest BCUT2D eigenvalue weighted by atomic mass is 10.1. The molecule has 0 saturated carbocycles. The summed E-state index contributed by atoms with van der Waals surface area (Å²) in [6.07, 6.45) is 1.33. The Labute approximate surface area is 132 Å². The van der Waals surface area contributed by atoms with Crippen molar-refractivity contribution < 1.29 is 4.74 Å². The molecule has 3 rings (SSSR count). The molecule has 0 bridgehead atoms. The first-order valence-corrected chi connectivity index (χ1v) is 7.30. The molecule has 5 nitrogen and oxygen atoms in total. The van der Waals surface area contributed by atoms with Crippen molar-refractivity contribution in [2.45, 2.75) is 19.4 Å². The van der Waals surface area contributed by atoms with E-state index in [0.717, 1.165) is 23.2 Å². The highest BCUT2D eigenvalue weighted by atomic mass is 35.5. The first-order valence-electron chi connectivity index (χ1n) is 6.54. The second-order valence-corrected chi connectivity index (χ2v) is 5.60. The van der Waals surface area contributed by atoms with Gasteiger partial charge in [0.05, 0.1) is 29.0 Å². The monoisotopic (exact) mass is 324 g/mol. The van der Waals surface area contributed by atoms with Gasteiger partial charge in [-0.25, -0.2) is 15.8 Å². The number of nitrogens with two attached hydrogens (primary N) is 1. The number of benzene rings is 1. The molecule has 0 fully saturated rings. The van der Waals surface area contributed by atoms with Crippen LogP contribution < -0.4 is 11.3 Å². The second-order valence-electron chi connectivity index (χ2n) is 4.79. The van der Waals surface area contributed by atoms with Gasteiger partial charge in [-0.3, -0.25) is 0 Å². The van der Waals surface area contributed by atoms with E-state index in [1.165, 1.54) is 0 Å². The molecule has 0 unspecified atom stereocenters. The number of anilines is 1. The quantitative estimate of drug-likeness (QED) is 0.670. The Morgan fingerprint density at radius 3 is 2.86 bits per heavy atom. The van der Waals surface area contributed by atoms with Crippen molar-refractivity contribution in [3.63, 3.8) is 0 Å². The number of nitrogens with zero attached hydrogens (tertiary/aromatic N) is 2. The van der Waals surface area contributed by atoms with E-state index in [1.807, 2.05) is 12.1 Å². The number of halogens is 2. The van der Waals surface area contributed by atoms with Gasteiger partial charge in [0.25, 0.3) is 0 Å². The van der Waals surface area contributed by atoms with Crippen LogP contribution in [-0.2, 0) is 24.2 Å². The van der Waals surface area contributed by atoms with Crippen molar-refractivity contribution in [3.05, 3.63) is 50.9 Å². The summed E-state index contributed by atoms with van der Waals surface area (Å²) in [6.45, 7) is 1.15. The number of nitrogens with one attached hydrogen (secondary N) is 1. The largest absolute Gasteiger partial charge is 0.376 e. The van der Waals surface area contributed by atoms with E-state index < -0.39 is 0 Å². The van der Waals surface area contributed by atoms with Gasteiger partial charge in [0, 0.05) is 18.4 Å². The fourth-order valence-corrected chi connectivity index (χ4v) is 2.63. The maximum absolute atomic E-state index is 6.03. The minimum Gasteiger partial charge on any atom is -0.376 e. The summed E-state index contributed by atoms with van der Waals surface area (Å²) in [5.41, 5.74) is 5.54. The predicted molar refractivity (Wildman–Crippen MR) is 82.5 cm³/mol. The molecule has 110 valence electrons. The van der Waals surface area contributed by atoms with E-state index in [4.69, 9.17) is 33.8 Å². The summed E-state index contributed by atoms with van der Waals surface area (Å²) in [4.78, 5) is 9.06. The zero-order chi connectivity index (χ0) is 14.8. The van der Waals surface area contributed by atoms with Gasteiger partial charge < -0.3 is 10.2 Å². The van der Waals surface area contributed by atoms with Gasteiger partial charge in [-0.05, 0) is 17.7 Å². The van der Waals surface area contributed by atoms with Crippen LogP contribution in [0.5, 0.6) is 0 Å². The van der Waals surface area contributed by atoms with Crippen molar-refractivity contribution >= 4 is 29.0 Å². The lowest BCUT2D eigenvalue weighted by Gasteiger charge is -2.19. The summed E-state index contributed by atoms with van der Waals surface area (Å²) in [5.74, 6) is 6.86. The normalized spacial score (nSPS) is 13.9. The maximum atomic E-state index is 6.03. The van der Waals surface area contributed by atoms with Gasteiger partial charge in [0.2, 0.25) is 0 Å². The number of hydrogen-bond donors (Lipinski definition) is 2. The standard InChI is InChI=1S/C14H14Cl2N4O/c15-10-2-1-8(5-11(10)16)6-13-18-12-3-4-21-7-9(12)14(19-13)20-17/h1-2,5H,3-4,6-7,17H2,(H,18,19,20). The van der Waals surface area contributed by atoms with E-state index in [0.29, 0.717) is 41.3 Å². The van der Waals surface area contributed by atoms with Crippen LogP contribution >= 0.6 is 23.2 Å². The number of fused-ring (bicyclic) bond motifs is 1. The lowest BCUT2D eigenvalue weighted by Crippen LogP contribution is -2.20. The van der Waals surface area contributed by atoms with Gasteiger partial charge >= 0.3 is 0 Å². The Hall–Kier alpha value is -1.40. The van der Waals surface area contributed by atoms with E-state index in [1.54, 1.807) is 6.07 Å². The molecule has 0 aliphatic carbocycles. The van der Waals surface area contributed by atoms with Crippen molar-refractivity contribution in [2.75, 3.05) is 12.0 Å². The van der Waals surface area contributed by atoms with Crippen LogP contribution in [0.1, 0.15) is 22.6 Å². The third kappa shape index (κ3) is 3.11. The highest BCUT2D eigenvalue weighted by Gasteiger charge is 2.18. The van der Waals surface area contributed by atoms with Crippen LogP contribution in [0.25, 0.3) is 0 Å². The fourth-order valence-electron chi connectivity index (χ4n) is 2.31. The number of ether oxygens (including phenoxy) is 1. The minimum absolute atomic E-state index is 0.488. The van der Waals surface area contributed by atoms with E-state index in [2.05, 4.69) is 15.4 Å². The van der Waals surface area contributed by atoms with Crippen LogP contribution in [0, 0.1) is 0 Å². The van der Waals surface area contributed by atoms with Crippen LogP contribution in [0.15, 0.2) is 18.2 Å². The molecule has 1 aliphatic rings. The Balaban J connectivity index is 1.93. The van der Waals surface area contributed by atoms with E-state index >= 15 is 0 Å². The van der Waals surface area contributed by atoms with Gasteiger partial charge in [-0.1, -0.05) is 29.3 Å². The molecular weight excluding hydrogens is 311 g/mol. The molecule has 1 aliphatic heterocycles. The molecule has 1 aromatic heterocycles. The molecule has 1 aromatic carbocycles. The van der Waals surface area contributed by atoms with Gasteiger partial charge in [-0.2, -0.15) is 0 Å². The Kier molecular flexibility index (Phi) is 4.26. The van der Waals surface area contributed by atoms with Gasteiger partial charge in [-0.15, -0.1) is 0 Å². The predicted octanol–water partition coefficient (Wildman–Crippen LogP) is 2.73. The van der Waals surface area contributed by atoms with Crippen LogP contribution in [0.4, 0.5) is 5.82 Å². The number of hydrogen-bond acceptors (Lipinski definition) is 5. The molecule has 0 spiro atoms. The Morgan fingerprint density at radius 1 is 1.24 bits per heavy atom. The summed E-state index contributed by atoms with van der Waals surface area (Å²) in [7, 11) is 0. The maximum Gasteiger partial charge on any atom is 0.149 e. The molecule has 0 radical (unpaired) electrons. The minimum atomic E-state index is 0.488. The highest BCUT2D eigenvalue weighted by molar-refractivity contribution is 6.42. The molecular formula is C14H14Cl2N4O. The zero-order valence-electron chi connectivity index (χ0n) is 11.2. The topological polar surface area (TPSA) is 73.1 Å². The Bertz CT molecular complexity index is 661. The second kappa shape index (κ2) is 6.15. The third-order valence-electron chi connectivity index (χ3n) is 3.35. The molecule has 2 heterocycles. The smallest absolute Gasteiger partial charge is 0.149 e. The number of nitrogen functional groups attached to an aromatic ring is 1. The van der Waals surface area contributed by atoms with Crippen molar-refractivity contribution in [3.8, 4) is 0 Å².